The highest BCUT2D eigenvalue weighted by Gasteiger charge is 2.18. The SMILES string of the molecule is COc1ccc(-c2[nH]c(=O)c3cc(F)ccc3c2OCCNC(=O)OC(C)(C)C)cc1F. The number of benzene rings is 2. The average Bonchev–Trinajstić information content (AvgIpc) is 2.71. The van der Waals surface area contributed by atoms with E-state index in [0.29, 0.717) is 10.9 Å². The van der Waals surface area contributed by atoms with Gasteiger partial charge in [0.2, 0.25) is 0 Å². The molecule has 0 fully saturated rings. The number of alkyl carbamates (subject to hydrolysis) is 1. The van der Waals surface area contributed by atoms with Gasteiger partial charge >= 0.3 is 6.09 Å². The molecule has 3 rings (SSSR count). The summed E-state index contributed by atoms with van der Waals surface area (Å²) in [4.78, 5) is 27.0. The molecule has 0 unspecified atom stereocenters. The summed E-state index contributed by atoms with van der Waals surface area (Å²) in [6, 6.07) is 7.90. The Morgan fingerprint density at radius 2 is 1.84 bits per heavy atom. The molecule has 1 amide bonds. The summed E-state index contributed by atoms with van der Waals surface area (Å²) in [6.07, 6.45) is -0.605. The Kier molecular flexibility index (Phi) is 6.67. The van der Waals surface area contributed by atoms with Crippen LogP contribution >= 0.6 is 0 Å². The molecule has 0 saturated carbocycles. The second-order valence-electron chi connectivity index (χ2n) is 7.97. The van der Waals surface area contributed by atoms with Crippen LogP contribution in [0.5, 0.6) is 11.5 Å². The van der Waals surface area contributed by atoms with E-state index in [-0.39, 0.29) is 35.7 Å². The van der Waals surface area contributed by atoms with Crippen molar-refractivity contribution in [1.29, 1.82) is 0 Å². The number of nitrogens with one attached hydrogen (secondary N) is 2. The van der Waals surface area contributed by atoms with Crippen LogP contribution in [-0.2, 0) is 4.74 Å². The maximum Gasteiger partial charge on any atom is 0.407 e. The van der Waals surface area contributed by atoms with Crippen molar-refractivity contribution in [2.24, 2.45) is 0 Å². The molecular formula is C23H24F2N2O5. The number of H-pyrrole nitrogens is 1. The summed E-state index contributed by atoms with van der Waals surface area (Å²) in [6.45, 7) is 5.36. The molecule has 0 atom stereocenters. The van der Waals surface area contributed by atoms with Crippen LogP contribution in [0.4, 0.5) is 13.6 Å². The number of fused-ring (bicyclic) bond motifs is 1. The predicted molar refractivity (Wildman–Crippen MR) is 116 cm³/mol. The topological polar surface area (TPSA) is 89.7 Å². The highest BCUT2D eigenvalue weighted by molar-refractivity contribution is 5.93. The molecule has 170 valence electrons. The van der Waals surface area contributed by atoms with Crippen LogP contribution in [0, 0.1) is 11.6 Å². The van der Waals surface area contributed by atoms with E-state index < -0.39 is 28.9 Å². The third-order valence-corrected chi connectivity index (χ3v) is 4.39. The molecule has 2 aromatic carbocycles. The van der Waals surface area contributed by atoms with E-state index in [1.165, 1.54) is 31.4 Å². The quantitative estimate of drug-likeness (QED) is 0.549. The van der Waals surface area contributed by atoms with Crippen molar-refractivity contribution in [3.63, 3.8) is 0 Å². The molecule has 0 spiro atoms. The molecule has 0 aliphatic rings. The van der Waals surface area contributed by atoms with Crippen LogP contribution in [0.15, 0.2) is 41.2 Å². The van der Waals surface area contributed by atoms with Gasteiger partial charge in [-0.2, -0.15) is 0 Å². The van der Waals surface area contributed by atoms with Crippen molar-refractivity contribution >= 4 is 16.9 Å². The number of aromatic amines is 1. The molecule has 0 radical (unpaired) electrons. The molecule has 0 saturated heterocycles. The first-order chi connectivity index (χ1) is 15.1. The van der Waals surface area contributed by atoms with E-state index in [0.717, 1.165) is 6.07 Å². The number of ether oxygens (including phenoxy) is 3. The molecule has 0 aliphatic heterocycles. The summed E-state index contributed by atoms with van der Waals surface area (Å²) in [5, 5.41) is 2.99. The van der Waals surface area contributed by atoms with Gasteiger partial charge in [0.25, 0.3) is 5.56 Å². The Labute approximate surface area is 183 Å². The molecule has 1 aromatic heterocycles. The number of hydrogen-bond donors (Lipinski definition) is 2. The third kappa shape index (κ3) is 5.35. The minimum Gasteiger partial charge on any atom is -0.494 e. The first-order valence-corrected chi connectivity index (χ1v) is 9.88. The van der Waals surface area contributed by atoms with E-state index in [1.54, 1.807) is 26.8 Å². The Hall–Kier alpha value is -3.62. The van der Waals surface area contributed by atoms with Crippen LogP contribution in [0.2, 0.25) is 0 Å². The Morgan fingerprint density at radius 1 is 1.09 bits per heavy atom. The zero-order valence-corrected chi connectivity index (χ0v) is 18.2. The summed E-state index contributed by atoms with van der Waals surface area (Å²) in [5.41, 5.74) is -0.643. The number of rotatable bonds is 6. The number of carbonyl (C=O) groups excluding carboxylic acids is 1. The first kappa shape index (κ1) is 23.1. The molecule has 9 heteroatoms. The fraction of sp³-hybridized carbons (Fsp3) is 0.304. The van der Waals surface area contributed by atoms with E-state index in [4.69, 9.17) is 14.2 Å². The number of hydrogen-bond acceptors (Lipinski definition) is 5. The van der Waals surface area contributed by atoms with E-state index in [9.17, 15) is 18.4 Å². The van der Waals surface area contributed by atoms with Gasteiger partial charge < -0.3 is 24.5 Å². The highest BCUT2D eigenvalue weighted by atomic mass is 19.1. The van der Waals surface area contributed by atoms with Gasteiger partial charge in [-0.3, -0.25) is 4.79 Å². The lowest BCUT2D eigenvalue weighted by molar-refractivity contribution is 0.0520. The number of aromatic nitrogens is 1. The smallest absolute Gasteiger partial charge is 0.407 e. The Balaban J connectivity index is 1.94. The van der Waals surface area contributed by atoms with Gasteiger partial charge in [-0.05, 0) is 57.2 Å². The molecule has 3 aromatic rings. The molecule has 32 heavy (non-hydrogen) atoms. The van der Waals surface area contributed by atoms with Crippen LogP contribution < -0.4 is 20.3 Å². The summed E-state index contributed by atoms with van der Waals surface area (Å²) in [5.74, 6) is -0.940. The number of pyridine rings is 1. The van der Waals surface area contributed by atoms with Gasteiger partial charge in [-0.1, -0.05) is 0 Å². The van der Waals surface area contributed by atoms with E-state index in [1.807, 2.05) is 0 Å². The van der Waals surface area contributed by atoms with Gasteiger partial charge in [0.05, 0.1) is 24.7 Å². The van der Waals surface area contributed by atoms with Gasteiger partial charge in [-0.15, -0.1) is 0 Å². The highest BCUT2D eigenvalue weighted by Crippen LogP contribution is 2.35. The number of methoxy groups -OCH3 is 1. The normalized spacial score (nSPS) is 11.3. The van der Waals surface area contributed by atoms with Crippen LogP contribution in [-0.4, -0.2) is 36.9 Å². The maximum atomic E-state index is 14.3. The third-order valence-electron chi connectivity index (χ3n) is 4.39. The van der Waals surface area contributed by atoms with Crippen molar-refractivity contribution in [2.75, 3.05) is 20.3 Å². The molecular weight excluding hydrogens is 422 g/mol. The number of carbonyl (C=O) groups is 1. The van der Waals surface area contributed by atoms with Crippen molar-refractivity contribution < 1.29 is 27.8 Å². The number of amides is 1. The molecule has 7 nitrogen and oxygen atoms in total. The van der Waals surface area contributed by atoms with Crippen molar-refractivity contribution in [3.05, 3.63) is 58.4 Å². The zero-order valence-electron chi connectivity index (χ0n) is 18.2. The summed E-state index contributed by atoms with van der Waals surface area (Å²) >= 11 is 0. The van der Waals surface area contributed by atoms with Crippen LogP contribution in [0.3, 0.4) is 0 Å². The van der Waals surface area contributed by atoms with Gasteiger partial charge in [-0.25, -0.2) is 13.6 Å². The second-order valence-corrected chi connectivity index (χ2v) is 7.97. The Morgan fingerprint density at radius 3 is 2.50 bits per heavy atom. The van der Waals surface area contributed by atoms with Crippen molar-refractivity contribution in [3.8, 4) is 22.8 Å². The fourth-order valence-corrected chi connectivity index (χ4v) is 3.07. The predicted octanol–water partition coefficient (Wildman–Crippen LogP) is 4.39. The largest absolute Gasteiger partial charge is 0.494 e. The maximum absolute atomic E-state index is 14.3. The van der Waals surface area contributed by atoms with Crippen molar-refractivity contribution in [1.82, 2.24) is 10.3 Å². The Bertz CT molecular complexity index is 1200. The minimum absolute atomic E-state index is 0.0173. The lowest BCUT2D eigenvalue weighted by Gasteiger charge is -2.20. The molecule has 1 heterocycles. The molecule has 2 N–H and O–H groups in total. The summed E-state index contributed by atoms with van der Waals surface area (Å²) in [7, 11) is 1.34. The molecule has 0 bridgehead atoms. The molecule has 0 aliphatic carbocycles. The second kappa shape index (κ2) is 9.25. The average molecular weight is 446 g/mol. The summed E-state index contributed by atoms with van der Waals surface area (Å²) < 4.78 is 44.0. The fourth-order valence-electron chi connectivity index (χ4n) is 3.07. The van der Waals surface area contributed by atoms with Gasteiger partial charge in [0.1, 0.15) is 18.0 Å². The zero-order chi connectivity index (χ0) is 23.5. The monoisotopic (exact) mass is 446 g/mol. The lowest BCUT2D eigenvalue weighted by Crippen LogP contribution is -2.34. The first-order valence-electron chi connectivity index (χ1n) is 9.88. The van der Waals surface area contributed by atoms with Gasteiger partial charge in [0, 0.05) is 10.9 Å². The lowest BCUT2D eigenvalue weighted by atomic mass is 10.0. The minimum atomic E-state index is -0.643. The van der Waals surface area contributed by atoms with Gasteiger partial charge in [0.15, 0.2) is 17.3 Å². The number of halogens is 2. The van der Waals surface area contributed by atoms with Crippen LogP contribution in [0.1, 0.15) is 20.8 Å². The van der Waals surface area contributed by atoms with E-state index >= 15 is 0 Å². The van der Waals surface area contributed by atoms with Crippen molar-refractivity contribution in [2.45, 2.75) is 26.4 Å². The van der Waals surface area contributed by atoms with E-state index in [2.05, 4.69) is 10.3 Å². The van der Waals surface area contributed by atoms with Crippen LogP contribution in [0.25, 0.3) is 22.0 Å². The standard InChI is InChI=1S/C23H24F2N2O5/c1-23(2,3)32-22(29)26-9-10-31-20-15-7-6-14(24)12-16(15)21(28)27-19(20)13-5-8-18(30-4)17(25)11-13/h5-8,11-12H,9-10H2,1-4H3,(H,26,29)(H,27,28).